The van der Waals surface area contributed by atoms with Gasteiger partial charge in [-0.25, -0.2) is 8.42 Å². The monoisotopic (exact) mass is 338 g/mol. The SMILES string of the molecule is COc1ccc(S(=O)(=O)N2CCC(N3CCCC3)CC2)cc1C. The molecule has 2 saturated heterocycles. The van der Waals surface area contributed by atoms with Crippen LogP contribution < -0.4 is 4.74 Å². The third-order valence-corrected chi connectivity index (χ3v) is 6.98. The number of methoxy groups -OCH3 is 1. The summed E-state index contributed by atoms with van der Waals surface area (Å²) in [4.78, 5) is 2.90. The van der Waals surface area contributed by atoms with Crippen molar-refractivity contribution >= 4 is 10.0 Å². The van der Waals surface area contributed by atoms with Crippen LogP contribution >= 0.6 is 0 Å². The minimum Gasteiger partial charge on any atom is -0.496 e. The summed E-state index contributed by atoms with van der Waals surface area (Å²) in [5, 5.41) is 0. The molecule has 0 N–H and O–H groups in total. The first-order valence-electron chi connectivity index (χ1n) is 8.41. The fourth-order valence-corrected chi connectivity index (χ4v) is 5.27. The molecule has 23 heavy (non-hydrogen) atoms. The second kappa shape index (κ2) is 6.79. The number of hydrogen-bond acceptors (Lipinski definition) is 4. The molecule has 2 aliphatic heterocycles. The molecule has 6 heteroatoms. The molecule has 0 amide bonds. The van der Waals surface area contributed by atoms with Crippen LogP contribution in [-0.2, 0) is 10.0 Å². The van der Waals surface area contributed by atoms with E-state index < -0.39 is 10.0 Å². The third-order valence-electron chi connectivity index (χ3n) is 5.08. The van der Waals surface area contributed by atoms with Gasteiger partial charge in [0.1, 0.15) is 5.75 Å². The summed E-state index contributed by atoms with van der Waals surface area (Å²) in [7, 11) is -1.80. The quantitative estimate of drug-likeness (QED) is 0.845. The molecule has 3 rings (SSSR count). The van der Waals surface area contributed by atoms with Crippen molar-refractivity contribution in [3.63, 3.8) is 0 Å². The summed E-state index contributed by atoms with van der Waals surface area (Å²) in [6, 6.07) is 5.65. The van der Waals surface area contributed by atoms with E-state index in [1.165, 1.54) is 25.9 Å². The summed E-state index contributed by atoms with van der Waals surface area (Å²) in [6.45, 7) is 5.46. The minimum absolute atomic E-state index is 0.371. The second-order valence-electron chi connectivity index (χ2n) is 6.51. The molecular weight excluding hydrogens is 312 g/mol. The van der Waals surface area contributed by atoms with Crippen LogP contribution in [0.25, 0.3) is 0 Å². The lowest BCUT2D eigenvalue weighted by Gasteiger charge is -2.36. The number of piperidine rings is 1. The molecule has 1 aromatic carbocycles. The van der Waals surface area contributed by atoms with Gasteiger partial charge in [-0.05, 0) is 69.5 Å². The van der Waals surface area contributed by atoms with E-state index in [0.29, 0.717) is 24.0 Å². The number of aryl methyl sites for hydroxylation is 1. The molecule has 0 bridgehead atoms. The molecule has 1 aromatic rings. The highest BCUT2D eigenvalue weighted by atomic mass is 32.2. The van der Waals surface area contributed by atoms with E-state index in [0.717, 1.165) is 24.2 Å². The molecule has 5 nitrogen and oxygen atoms in total. The smallest absolute Gasteiger partial charge is 0.243 e. The van der Waals surface area contributed by atoms with Crippen molar-refractivity contribution in [2.24, 2.45) is 0 Å². The summed E-state index contributed by atoms with van der Waals surface area (Å²) in [5.74, 6) is 0.719. The van der Waals surface area contributed by atoms with Gasteiger partial charge in [-0.15, -0.1) is 0 Å². The van der Waals surface area contributed by atoms with E-state index in [-0.39, 0.29) is 0 Å². The predicted octanol–water partition coefficient (Wildman–Crippen LogP) is 2.25. The van der Waals surface area contributed by atoms with Gasteiger partial charge < -0.3 is 9.64 Å². The average molecular weight is 338 g/mol. The van der Waals surface area contributed by atoms with Crippen LogP contribution in [0.15, 0.2) is 23.1 Å². The van der Waals surface area contributed by atoms with Crippen molar-refractivity contribution in [3.8, 4) is 5.75 Å². The van der Waals surface area contributed by atoms with Gasteiger partial charge in [-0.1, -0.05) is 0 Å². The fraction of sp³-hybridized carbons (Fsp3) is 0.647. The Morgan fingerprint density at radius 2 is 1.74 bits per heavy atom. The van der Waals surface area contributed by atoms with Crippen molar-refractivity contribution < 1.29 is 13.2 Å². The Balaban J connectivity index is 1.70. The van der Waals surface area contributed by atoms with Crippen LogP contribution in [0, 0.1) is 6.92 Å². The van der Waals surface area contributed by atoms with Crippen molar-refractivity contribution in [2.75, 3.05) is 33.3 Å². The summed E-state index contributed by atoms with van der Waals surface area (Å²) >= 11 is 0. The molecule has 0 spiro atoms. The van der Waals surface area contributed by atoms with Crippen LogP contribution in [-0.4, -0.2) is 57.0 Å². The maximum Gasteiger partial charge on any atom is 0.243 e. The first kappa shape index (κ1) is 16.7. The Kier molecular flexibility index (Phi) is 4.94. The molecule has 128 valence electrons. The Hall–Kier alpha value is -1.11. The van der Waals surface area contributed by atoms with Crippen LogP contribution in [0.4, 0.5) is 0 Å². The number of likely N-dealkylation sites (tertiary alicyclic amines) is 1. The Morgan fingerprint density at radius 1 is 1.09 bits per heavy atom. The van der Waals surface area contributed by atoms with Crippen molar-refractivity contribution in [1.82, 2.24) is 9.21 Å². The topological polar surface area (TPSA) is 49.9 Å². The van der Waals surface area contributed by atoms with E-state index in [4.69, 9.17) is 4.74 Å². The number of hydrogen-bond donors (Lipinski definition) is 0. The molecule has 0 aliphatic carbocycles. The lowest BCUT2D eigenvalue weighted by Crippen LogP contribution is -2.45. The highest BCUT2D eigenvalue weighted by Gasteiger charge is 2.32. The highest BCUT2D eigenvalue weighted by molar-refractivity contribution is 7.89. The lowest BCUT2D eigenvalue weighted by molar-refractivity contribution is 0.168. The van der Waals surface area contributed by atoms with Gasteiger partial charge in [0.2, 0.25) is 10.0 Å². The second-order valence-corrected chi connectivity index (χ2v) is 8.45. The van der Waals surface area contributed by atoms with Gasteiger partial charge in [-0.2, -0.15) is 4.31 Å². The zero-order valence-corrected chi connectivity index (χ0v) is 14.8. The zero-order valence-electron chi connectivity index (χ0n) is 14.0. The molecule has 0 saturated carbocycles. The largest absolute Gasteiger partial charge is 0.496 e. The molecule has 0 atom stereocenters. The fourth-order valence-electron chi connectivity index (χ4n) is 3.71. The molecule has 0 unspecified atom stereocenters. The van der Waals surface area contributed by atoms with Crippen molar-refractivity contribution in [1.29, 1.82) is 0 Å². The van der Waals surface area contributed by atoms with Crippen molar-refractivity contribution in [2.45, 2.75) is 43.5 Å². The summed E-state index contributed by atoms with van der Waals surface area (Å²) < 4.78 is 32.5. The zero-order chi connectivity index (χ0) is 16.4. The number of benzene rings is 1. The summed E-state index contributed by atoms with van der Waals surface area (Å²) in [6.07, 6.45) is 4.44. The van der Waals surface area contributed by atoms with Gasteiger partial charge in [0.15, 0.2) is 0 Å². The standard InChI is InChI=1S/C17H26N2O3S/c1-14-13-16(5-6-17(14)22-2)23(20,21)19-11-7-15(8-12-19)18-9-3-4-10-18/h5-6,13,15H,3-4,7-12H2,1-2H3. The van der Waals surface area contributed by atoms with Crippen LogP contribution in [0.1, 0.15) is 31.2 Å². The Bertz CT molecular complexity index is 646. The minimum atomic E-state index is -3.40. The maximum atomic E-state index is 12.8. The molecule has 0 aromatic heterocycles. The normalized spacial score (nSPS) is 21.7. The van der Waals surface area contributed by atoms with Gasteiger partial charge in [0, 0.05) is 19.1 Å². The van der Waals surface area contributed by atoms with E-state index in [9.17, 15) is 8.42 Å². The van der Waals surface area contributed by atoms with Crippen molar-refractivity contribution in [3.05, 3.63) is 23.8 Å². The lowest BCUT2D eigenvalue weighted by atomic mass is 10.1. The van der Waals surface area contributed by atoms with E-state index in [1.54, 1.807) is 29.6 Å². The first-order valence-corrected chi connectivity index (χ1v) is 9.85. The predicted molar refractivity (Wildman–Crippen MR) is 90.3 cm³/mol. The van der Waals surface area contributed by atoms with E-state index in [2.05, 4.69) is 4.90 Å². The van der Waals surface area contributed by atoms with Gasteiger partial charge >= 0.3 is 0 Å². The van der Waals surface area contributed by atoms with Crippen LogP contribution in [0.2, 0.25) is 0 Å². The Morgan fingerprint density at radius 3 is 2.30 bits per heavy atom. The van der Waals surface area contributed by atoms with Gasteiger partial charge in [0.05, 0.1) is 12.0 Å². The van der Waals surface area contributed by atoms with E-state index >= 15 is 0 Å². The Labute approximate surface area is 139 Å². The summed E-state index contributed by atoms with van der Waals surface area (Å²) in [5.41, 5.74) is 0.848. The van der Waals surface area contributed by atoms with Crippen LogP contribution in [0.3, 0.4) is 0 Å². The molecular formula is C17H26N2O3S. The maximum absolute atomic E-state index is 12.8. The van der Waals surface area contributed by atoms with E-state index in [1.807, 2.05) is 6.92 Å². The molecule has 2 aliphatic rings. The molecule has 2 heterocycles. The highest BCUT2D eigenvalue weighted by Crippen LogP contribution is 2.27. The third kappa shape index (κ3) is 3.39. The average Bonchev–Trinajstić information content (AvgIpc) is 3.09. The van der Waals surface area contributed by atoms with Gasteiger partial charge in [-0.3, -0.25) is 0 Å². The molecule has 0 radical (unpaired) electrons. The number of rotatable bonds is 4. The number of ether oxygens (including phenoxy) is 1. The van der Waals surface area contributed by atoms with Gasteiger partial charge in [0.25, 0.3) is 0 Å². The number of nitrogens with zero attached hydrogens (tertiary/aromatic N) is 2. The molecule has 2 fully saturated rings. The number of sulfonamides is 1. The first-order chi connectivity index (χ1) is 11.0. The van der Waals surface area contributed by atoms with Crippen LogP contribution in [0.5, 0.6) is 5.75 Å².